The Morgan fingerprint density at radius 1 is 0.479 bits per heavy atom. The quantitative estimate of drug-likeness (QED) is 0.110. The zero-order valence-corrected chi connectivity index (χ0v) is 47.2. The molecule has 0 aliphatic rings. The fraction of sp³-hybridized carbons (Fsp3) is 0.200. The summed E-state index contributed by atoms with van der Waals surface area (Å²) in [6.45, 7) is 18.4. The zero-order valence-electron chi connectivity index (χ0n) is 43.4. The van der Waals surface area contributed by atoms with Crippen LogP contribution in [-0.2, 0) is 13.1 Å². The van der Waals surface area contributed by atoms with E-state index in [0.717, 1.165) is 72.7 Å². The number of nitrogens with zero attached hydrogens (tertiary/aromatic N) is 8. The van der Waals surface area contributed by atoms with Crippen molar-refractivity contribution in [3.05, 3.63) is 209 Å². The van der Waals surface area contributed by atoms with Gasteiger partial charge in [-0.25, -0.2) is 9.97 Å². The monoisotopic (exact) mass is 1010 g/mol. The van der Waals surface area contributed by atoms with Crippen molar-refractivity contribution in [2.75, 3.05) is 5.32 Å². The van der Waals surface area contributed by atoms with Gasteiger partial charge in [-0.3, -0.25) is 29.9 Å². The van der Waals surface area contributed by atoms with Gasteiger partial charge in [0.25, 0.3) is 0 Å². The van der Waals surface area contributed by atoms with E-state index in [1.54, 1.807) is 39.4 Å². The van der Waals surface area contributed by atoms with Gasteiger partial charge in [-0.2, -0.15) is 0 Å². The molecule has 0 fully saturated rings. The second-order valence-electron chi connectivity index (χ2n) is 18.6. The predicted molar refractivity (Wildman–Crippen MR) is 293 cm³/mol. The molecule has 10 aromatic rings. The summed E-state index contributed by atoms with van der Waals surface area (Å²) in [6, 6.07) is 37.3. The summed E-state index contributed by atoms with van der Waals surface area (Å²) in [6.07, 6.45) is 14.5. The van der Waals surface area contributed by atoms with Gasteiger partial charge >= 0.3 is 51.4 Å². The molecule has 8 heterocycles. The van der Waals surface area contributed by atoms with Crippen molar-refractivity contribution in [2.24, 2.45) is 5.73 Å². The van der Waals surface area contributed by atoms with Crippen LogP contribution in [-0.4, -0.2) is 45.5 Å². The van der Waals surface area contributed by atoms with Crippen LogP contribution in [0.2, 0.25) is 5.15 Å². The number of hydrogen-bond acceptors (Lipinski definition) is 11. The SMILES string of the molecule is CC(C)(C)[O-].Cc1cc(-c2cc3ccnc(Cl)c3cn2)ccn1.Cc1cc(-c2cc3ccnc(NCc4ccc(-c5ccnc(C)c5)c(C)c4)c3cn2)ccn1.Cc1cc(-c2ccc(CN)cc2C)ccn1.[K+]. The van der Waals surface area contributed by atoms with Gasteiger partial charge in [0.2, 0.25) is 0 Å². The fourth-order valence-corrected chi connectivity index (χ4v) is 8.13. The number of benzene rings is 2. The Morgan fingerprint density at radius 2 is 0.877 bits per heavy atom. The van der Waals surface area contributed by atoms with E-state index in [9.17, 15) is 5.11 Å². The molecule has 0 bridgehead atoms. The molecule has 10 rings (SSSR count). The van der Waals surface area contributed by atoms with E-state index in [4.69, 9.17) is 17.3 Å². The van der Waals surface area contributed by atoms with Crippen molar-refractivity contribution < 1.29 is 56.5 Å². The number of nitrogens with two attached hydrogens (primary N) is 1. The number of aryl methyl sites for hydroxylation is 6. The molecule has 8 aromatic heterocycles. The van der Waals surface area contributed by atoms with Crippen molar-refractivity contribution in [1.29, 1.82) is 0 Å². The van der Waals surface area contributed by atoms with Crippen LogP contribution in [0.1, 0.15) is 65.8 Å². The van der Waals surface area contributed by atoms with Crippen LogP contribution in [0.4, 0.5) is 5.82 Å². The van der Waals surface area contributed by atoms with Crippen LogP contribution in [0.3, 0.4) is 0 Å². The Hall–Kier alpha value is -6.19. The van der Waals surface area contributed by atoms with E-state index in [1.165, 1.54) is 44.5 Å². The van der Waals surface area contributed by atoms with Gasteiger partial charge in [-0.05, 0) is 170 Å². The number of rotatable bonds is 8. The smallest absolute Gasteiger partial charge is 0.850 e. The minimum absolute atomic E-state index is 0. The average molecular weight is 1010 g/mol. The molecule has 0 saturated heterocycles. The standard InChI is InChI=1S/C28H25N5.C14H10ClN3.C14H16N2.C4H9O.K/c1-18-12-21(4-5-25(18)22-6-9-29-19(2)13-22)16-33-28-26-17-32-27(15-23(26)7-11-31-28)24-8-10-30-20(3)14-24;1-9-6-11(3-4-16-9)13-7-10-2-5-17-14(15)12(10)8-18-13;1-10-7-12(9-15)3-4-14(10)13-5-6-16-11(2)8-13;1-4(2,3)5;/h4-15,17H,16H2,1-3H3,(H,31,33);2-8H,1H3;3-8H,9,15H2,1-2H3;1-3H3;/q;;;-1;+1. The van der Waals surface area contributed by atoms with Crippen LogP contribution in [0.25, 0.3) is 66.3 Å². The zero-order chi connectivity index (χ0) is 51.4. The van der Waals surface area contributed by atoms with Crippen LogP contribution < -0.4 is 67.5 Å². The number of fused-ring (bicyclic) bond motifs is 2. The molecule has 0 spiro atoms. The van der Waals surface area contributed by atoms with E-state index in [2.05, 4.69) is 120 Å². The van der Waals surface area contributed by atoms with E-state index >= 15 is 0 Å². The molecule has 2 aromatic carbocycles. The number of hydrogen-bond donors (Lipinski definition) is 2. The van der Waals surface area contributed by atoms with Crippen LogP contribution in [0.15, 0.2) is 159 Å². The Kier molecular flexibility index (Phi) is 20.1. The third-order valence-electron chi connectivity index (χ3n) is 11.3. The molecule has 0 aliphatic carbocycles. The summed E-state index contributed by atoms with van der Waals surface area (Å²) in [4.78, 5) is 34.7. The summed E-state index contributed by atoms with van der Waals surface area (Å²) >= 11 is 6.02. The van der Waals surface area contributed by atoms with Crippen molar-refractivity contribution in [3.8, 4) is 44.8 Å². The molecule has 0 saturated carbocycles. The Balaban J connectivity index is 0.000000183. The molecule has 13 heteroatoms. The van der Waals surface area contributed by atoms with E-state index in [-0.39, 0.29) is 51.4 Å². The summed E-state index contributed by atoms with van der Waals surface area (Å²) in [7, 11) is 0. The first-order valence-corrected chi connectivity index (χ1v) is 24.1. The maximum Gasteiger partial charge on any atom is 1.00 e. The van der Waals surface area contributed by atoms with Crippen molar-refractivity contribution in [1.82, 2.24) is 39.9 Å². The molecule has 0 amide bonds. The number of nitrogens with one attached hydrogen (secondary N) is 1. The molecule has 11 nitrogen and oxygen atoms in total. The molecule has 364 valence electrons. The third-order valence-corrected chi connectivity index (χ3v) is 11.6. The van der Waals surface area contributed by atoms with Gasteiger partial charge in [0.1, 0.15) is 11.0 Å². The molecule has 3 N–H and O–H groups in total. The van der Waals surface area contributed by atoms with Gasteiger partial charge < -0.3 is 16.2 Å². The van der Waals surface area contributed by atoms with Crippen LogP contribution in [0, 0.1) is 41.5 Å². The minimum Gasteiger partial charge on any atom is -0.850 e. The summed E-state index contributed by atoms with van der Waals surface area (Å²) in [5.74, 6) is 0.837. The van der Waals surface area contributed by atoms with Gasteiger partial charge in [0, 0.05) is 107 Å². The number of pyridine rings is 8. The molecule has 0 atom stereocenters. The molecule has 73 heavy (non-hydrogen) atoms. The van der Waals surface area contributed by atoms with Crippen molar-refractivity contribution >= 4 is 39.0 Å². The number of aromatic nitrogens is 8. The van der Waals surface area contributed by atoms with Crippen molar-refractivity contribution in [3.63, 3.8) is 0 Å². The Morgan fingerprint density at radius 3 is 1.34 bits per heavy atom. The minimum atomic E-state index is -0.750. The average Bonchev–Trinajstić information content (AvgIpc) is 3.35. The third kappa shape index (κ3) is 16.1. The maximum atomic E-state index is 10.1. The van der Waals surface area contributed by atoms with E-state index in [0.29, 0.717) is 18.2 Å². The summed E-state index contributed by atoms with van der Waals surface area (Å²) < 4.78 is 0. The summed E-state index contributed by atoms with van der Waals surface area (Å²) in [5, 5.41) is 18.1. The maximum absolute atomic E-state index is 10.1. The van der Waals surface area contributed by atoms with Crippen LogP contribution >= 0.6 is 11.6 Å². The first kappa shape index (κ1) is 56.1. The van der Waals surface area contributed by atoms with Crippen LogP contribution in [0.5, 0.6) is 0 Å². The Bertz CT molecular complexity index is 3470. The second kappa shape index (κ2) is 26.1. The van der Waals surface area contributed by atoms with Crippen molar-refractivity contribution in [2.45, 2.75) is 81.0 Å². The largest absolute Gasteiger partial charge is 1.00 e. The van der Waals surface area contributed by atoms with Gasteiger partial charge in [-0.15, -0.1) is 5.60 Å². The first-order chi connectivity index (χ1) is 34.5. The molecule has 0 unspecified atom stereocenters. The fourth-order valence-electron chi connectivity index (χ4n) is 7.92. The van der Waals surface area contributed by atoms with Gasteiger partial charge in [0.05, 0.1) is 11.4 Å². The molecule has 0 aliphatic heterocycles. The number of halogens is 1. The normalized spacial score (nSPS) is 10.7. The second-order valence-corrected chi connectivity index (χ2v) is 18.9. The van der Waals surface area contributed by atoms with Gasteiger partial charge in [0.15, 0.2) is 0 Å². The Labute approximate surface area is 476 Å². The molecular formula is C60H60ClKN10O. The topological polar surface area (TPSA) is 164 Å². The van der Waals surface area contributed by atoms with E-state index in [1.807, 2.05) is 107 Å². The van der Waals surface area contributed by atoms with Gasteiger partial charge in [-0.1, -0.05) is 68.8 Å². The predicted octanol–water partition coefficient (Wildman–Crippen LogP) is 9.92. The molecular weight excluding hydrogens is 951 g/mol. The number of anilines is 1. The van der Waals surface area contributed by atoms with E-state index < -0.39 is 5.60 Å². The summed E-state index contributed by atoms with van der Waals surface area (Å²) in [5.41, 5.74) is 22.6. The molecule has 0 radical (unpaired) electrons. The first-order valence-electron chi connectivity index (χ1n) is 23.7.